The number of carbonyl (C=O) groups is 2. The lowest BCUT2D eigenvalue weighted by molar-refractivity contribution is -0.142. The molecule has 0 fully saturated rings. The van der Waals surface area contributed by atoms with Crippen molar-refractivity contribution in [1.82, 2.24) is 9.03 Å². The number of carboxylic acids is 1. The van der Waals surface area contributed by atoms with Gasteiger partial charge in [0, 0.05) is 19.5 Å². The predicted octanol–water partition coefficient (Wildman–Crippen LogP) is -0.431. The molecule has 0 spiro atoms. The second kappa shape index (κ2) is 8.08. The molecule has 0 aromatic heterocycles. The van der Waals surface area contributed by atoms with Gasteiger partial charge in [-0.1, -0.05) is 13.8 Å². The van der Waals surface area contributed by atoms with Crippen LogP contribution in [-0.2, 0) is 24.5 Å². The smallest absolute Gasteiger partial charge is 0.321 e. The van der Waals surface area contributed by atoms with Crippen LogP contribution in [-0.4, -0.2) is 56.0 Å². The van der Waals surface area contributed by atoms with E-state index >= 15 is 0 Å². The van der Waals surface area contributed by atoms with Gasteiger partial charge in [0.15, 0.2) is 0 Å². The van der Waals surface area contributed by atoms with E-state index in [4.69, 9.17) is 5.11 Å². The summed E-state index contributed by atoms with van der Waals surface area (Å²) >= 11 is 0. The van der Waals surface area contributed by atoms with Gasteiger partial charge in [0.2, 0.25) is 0 Å². The average molecular weight is 296 g/mol. The van der Waals surface area contributed by atoms with Crippen molar-refractivity contribution in [3.05, 3.63) is 0 Å². The van der Waals surface area contributed by atoms with Crippen molar-refractivity contribution in [3.8, 4) is 0 Å². The number of rotatable bonds is 9. The molecule has 0 aromatic carbocycles. The van der Waals surface area contributed by atoms with Gasteiger partial charge in [0.05, 0.1) is 7.11 Å². The van der Waals surface area contributed by atoms with Crippen molar-refractivity contribution >= 4 is 22.1 Å². The van der Waals surface area contributed by atoms with Crippen LogP contribution < -0.4 is 4.72 Å². The van der Waals surface area contributed by atoms with Crippen LogP contribution in [0.4, 0.5) is 0 Å². The zero-order valence-electron chi connectivity index (χ0n) is 11.2. The molecule has 8 nitrogen and oxygen atoms in total. The van der Waals surface area contributed by atoms with Gasteiger partial charge < -0.3 is 9.84 Å². The molecule has 0 amide bonds. The molecule has 0 aliphatic heterocycles. The fourth-order valence-corrected chi connectivity index (χ4v) is 2.82. The lowest BCUT2D eigenvalue weighted by Crippen LogP contribution is -2.48. The Morgan fingerprint density at radius 2 is 1.84 bits per heavy atom. The van der Waals surface area contributed by atoms with Crippen LogP contribution in [0, 0.1) is 0 Å². The van der Waals surface area contributed by atoms with Crippen molar-refractivity contribution in [2.24, 2.45) is 0 Å². The van der Waals surface area contributed by atoms with Gasteiger partial charge >= 0.3 is 11.9 Å². The molecule has 2 N–H and O–H groups in total. The van der Waals surface area contributed by atoms with Gasteiger partial charge in [-0.15, -0.1) is 0 Å². The average Bonchev–Trinajstić information content (AvgIpc) is 2.34. The monoisotopic (exact) mass is 296 g/mol. The molecule has 0 heterocycles. The zero-order valence-corrected chi connectivity index (χ0v) is 12.1. The summed E-state index contributed by atoms with van der Waals surface area (Å²) in [5.41, 5.74) is 0. The van der Waals surface area contributed by atoms with Crippen LogP contribution in [0.3, 0.4) is 0 Å². The Bertz CT molecular complexity index is 404. The number of nitrogens with zero attached hydrogens (tertiary/aromatic N) is 1. The molecule has 0 aromatic rings. The van der Waals surface area contributed by atoms with E-state index in [-0.39, 0.29) is 25.9 Å². The molecule has 0 radical (unpaired) electrons. The van der Waals surface area contributed by atoms with Crippen molar-refractivity contribution in [2.45, 2.75) is 32.7 Å². The summed E-state index contributed by atoms with van der Waals surface area (Å²) in [6.45, 7) is 3.75. The first-order chi connectivity index (χ1) is 8.78. The van der Waals surface area contributed by atoms with Gasteiger partial charge in [-0.2, -0.15) is 17.4 Å². The first-order valence-corrected chi connectivity index (χ1v) is 7.29. The third-order valence-electron chi connectivity index (χ3n) is 2.50. The highest BCUT2D eigenvalue weighted by atomic mass is 32.2. The maximum Gasteiger partial charge on any atom is 0.321 e. The van der Waals surface area contributed by atoms with Crippen molar-refractivity contribution < 1.29 is 27.9 Å². The molecule has 112 valence electrons. The number of ether oxygens (including phenoxy) is 1. The second-order valence-electron chi connectivity index (χ2n) is 3.71. The molecule has 0 saturated heterocycles. The Morgan fingerprint density at radius 3 is 2.21 bits per heavy atom. The third-order valence-corrected chi connectivity index (χ3v) is 4.28. The summed E-state index contributed by atoms with van der Waals surface area (Å²) in [5.74, 6) is -1.92. The van der Waals surface area contributed by atoms with Gasteiger partial charge in [-0.25, -0.2) is 0 Å². The summed E-state index contributed by atoms with van der Waals surface area (Å²) in [5, 5.41) is 8.95. The molecule has 9 heteroatoms. The van der Waals surface area contributed by atoms with Crippen LogP contribution in [0.1, 0.15) is 26.7 Å². The Hall–Kier alpha value is -1.19. The second-order valence-corrected chi connectivity index (χ2v) is 5.42. The quantitative estimate of drug-likeness (QED) is 0.558. The lowest BCUT2D eigenvalue weighted by Gasteiger charge is -2.21. The van der Waals surface area contributed by atoms with Crippen LogP contribution in [0.15, 0.2) is 0 Å². The summed E-state index contributed by atoms with van der Waals surface area (Å²) in [6, 6.07) is -1.36. The molecular formula is C10H20N2O6S. The minimum absolute atomic E-state index is 0.164. The Kier molecular flexibility index (Phi) is 7.57. The van der Waals surface area contributed by atoms with Gasteiger partial charge in [0.1, 0.15) is 6.04 Å². The van der Waals surface area contributed by atoms with Crippen molar-refractivity contribution in [2.75, 3.05) is 20.2 Å². The van der Waals surface area contributed by atoms with Crippen LogP contribution in [0.25, 0.3) is 0 Å². The SMILES string of the molecule is CCN(CC)S(=O)(=O)N[C@H](CCC(=O)OC)C(=O)O. The molecule has 0 saturated carbocycles. The standard InChI is InChI=1S/C10H20N2O6S/c1-4-12(5-2)19(16,17)11-8(10(14)15)6-7-9(13)18-3/h8,11H,4-7H2,1-3H3,(H,14,15)/t8-/m1/s1. The van der Waals surface area contributed by atoms with Gasteiger partial charge in [-0.3, -0.25) is 9.59 Å². The van der Waals surface area contributed by atoms with E-state index in [9.17, 15) is 18.0 Å². The van der Waals surface area contributed by atoms with E-state index in [2.05, 4.69) is 9.46 Å². The highest BCUT2D eigenvalue weighted by Gasteiger charge is 2.27. The zero-order chi connectivity index (χ0) is 15.1. The number of hydrogen-bond donors (Lipinski definition) is 2. The fraction of sp³-hybridized carbons (Fsp3) is 0.800. The molecule has 0 bridgehead atoms. The van der Waals surface area contributed by atoms with Crippen LogP contribution in [0.2, 0.25) is 0 Å². The summed E-state index contributed by atoms with van der Waals surface area (Å²) < 4.78 is 31.3. The number of hydrogen-bond acceptors (Lipinski definition) is 5. The fourth-order valence-electron chi connectivity index (χ4n) is 1.41. The van der Waals surface area contributed by atoms with E-state index in [1.54, 1.807) is 13.8 Å². The van der Waals surface area contributed by atoms with Crippen LogP contribution >= 0.6 is 0 Å². The number of carboxylic acid groups (broad SMARTS) is 1. The number of esters is 1. The van der Waals surface area contributed by atoms with E-state index < -0.39 is 28.2 Å². The topological polar surface area (TPSA) is 113 Å². The number of nitrogens with one attached hydrogen (secondary N) is 1. The first-order valence-electron chi connectivity index (χ1n) is 5.85. The summed E-state index contributed by atoms with van der Waals surface area (Å²) in [7, 11) is -2.69. The molecule has 1 atom stereocenters. The molecule has 0 rings (SSSR count). The van der Waals surface area contributed by atoms with Gasteiger partial charge in [-0.05, 0) is 6.42 Å². The maximum absolute atomic E-state index is 11.9. The summed E-state index contributed by atoms with van der Waals surface area (Å²) in [6.07, 6.45) is -0.337. The summed E-state index contributed by atoms with van der Waals surface area (Å²) in [4.78, 5) is 21.9. The lowest BCUT2D eigenvalue weighted by atomic mass is 10.2. The molecule has 0 aliphatic carbocycles. The van der Waals surface area contributed by atoms with E-state index in [0.717, 1.165) is 4.31 Å². The molecular weight excluding hydrogens is 276 g/mol. The highest BCUT2D eigenvalue weighted by Crippen LogP contribution is 2.04. The van der Waals surface area contributed by atoms with Crippen molar-refractivity contribution in [3.63, 3.8) is 0 Å². The van der Waals surface area contributed by atoms with E-state index in [0.29, 0.717) is 0 Å². The maximum atomic E-state index is 11.9. The van der Waals surface area contributed by atoms with Gasteiger partial charge in [0.25, 0.3) is 10.2 Å². The molecule has 0 unspecified atom stereocenters. The number of carbonyl (C=O) groups excluding carboxylic acids is 1. The Balaban J connectivity index is 4.75. The predicted molar refractivity (Wildman–Crippen MR) is 67.7 cm³/mol. The van der Waals surface area contributed by atoms with E-state index in [1.807, 2.05) is 0 Å². The largest absolute Gasteiger partial charge is 0.480 e. The third kappa shape index (κ3) is 5.99. The minimum atomic E-state index is -3.87. The first kappa shape index (κ1) is 17.8. The molecule has 0 aliphatic rings. The Labute approximate surface area is 112 Å². The Morgan fingerprint density at radius 1 is 1.32 bits per heavy atom. The molecule has 19 heavy (non-hydrogen) atoms. The minimum Gasteiger partial charge on any atom is -0.480 e. The number of aliphatic carboxylic acids is 1. The van der Waals surface area contributed by atoms with E-state index in [1.165, 1.54) is 7.11 Å². The van der Waals surface area contributed by atoms with Crippen molar-refractivity contribution in [1.29, 1.82) is 0 Å². The highest BCUT2D eigenvalue weighted by molar-refractivity contribution is 7.87. The van der Waals surface area contributed by atoms with Crippen LogP contribution in [0.5, 0.6) is 0 Å². The number of methoxy groups -OCH3 is 1. The normalized spacial score (nSPS) is 13.3.